The van der Waals surface area contributed by atoms with Crippen LogP contribution in [0.25, 0.3) is 11.3 Å². The maximum Gasteiger partial charge on any atom is 0.432 e. The minimum atomic E-state index is -4.41. The van der Waals surface area contributed by atoms with Crippen LogP contribution in [-0.2, 0) is 26.3 Å². The van der Waals surface area contributed by atoms with Gasteiger partial charge >= 0.3 is 6.18 Å². The average molecular weight is 414 g/mol. The molecule has 17 heavy (non-hydrogen) atoms. The maximum absolute atomic E-state index is 12.4. The summed E-state index contributed by atoms with van der Waals surface area (Å²) in [5.74, 6) is 0. The van der Waals surface area contributed by atoms with Gasteiger partial charge in [-0.2, -0.15) is 13.2 Å². The molecule has 1 nitrogen and oxygen atoms in total. The first kappa shape index (κ1) is 13.9. The zero-order valence-electron chi connectivity index (χ0n) is 8.46. The van der Waals surface area contributed by atoms with Crippen molar-refractivity contribution in [3.63, 3.8) is 0 Å². The Hall–Kier alpha value is -1.19. The van der Waals surface area contributed by atoms with Crippen LogP contribution in [0.1, 0.15) is 5.69 Å². The molecule has 2 rings (SSSR count). The van der Waals surface area contributed by atoms with Gasteiger partial charge in [0, 0.05) is 20.1 Å². The van der Waals surface area contributed by atoms with E-state index in [2.05, 4.69) is 11.1 Å². The number of nitrogens with zero attached hydrogens (tertiary/aromatic N) is 1. The molecule has 1 aromatic heterocycles. The zero-order valence-corrected chi connectivity index (χ0v) is 10.9. The number of hydrogen-bond acceptors (Lipinski definition) is 1. The van der Waals surface area contributed by atoms with E-state index >= 15 is 0 Å². The molecular weight excluding hydrogens is 407 g/mol. The van der Waals surface area contributed by atoms with Crippen LogP contribution in [0, 0.1) is 6.07 Å². The van der Waals surface area contributed by atoms with E-state index in [-0.39, 0.29) is 25.8 Å². The fraction of sp³-hybridized carbons (Fsp3) is 0.0833. The van der Waals surface area contributed by atoms with Gasteiger partial charge in [0.05, 0.1) is 0 Å². The van der Waals surface area contributed by atoms with Crippen LogP contribution < -0.4 is 0 Å². The average Bonchev–Trinajstić information content (AvgIpc) is 2.29. The van der Waals surface area contributed by atoms with Gasteiger partial charge < -0.3 is 0 Å². The summed E-state index contributed by atoms with van der Waals surface area (Å²) in [6, 6.07) is 13.4. The van der Waals surface area contributed by atoms with Crippen LogP contribution in [0.3, 0.4) is 0 Å². The van der Waals surface area contributed by atoms with Crippen LogP contribution in [0.15, 0.2) is 42.5 Å². The largest absolute Gasteiger partial charge is 0.432 e. The van der Waals surface area contributed by atoms with Crippen molar-refractivity contribution in [3.8, 4) is 11.3 Å². The third kappa shape index (κ3) is 3.38. The molecule has 0 aliphatic carbocycles. The van der Waals surface area contributed by atoms with E-state index in [1.165, 1.54) is 12.1 Å². The van der Waals surface area contributed by atoms with Crippen LogP contribution >= 0.6 is 0 Å². The van der Waals surface area contributed by atoms with Gasteiger partial charge in [-0.1, -0.05) is 12.1 Å². The molecule has 2 aromatic rings. The molecule has 0 amide bonds. The molecule has 1 heterocycles. The van der Waals surface area contributed by atoms with Crippen molar-refractivity contribution in [1.82, 2.24) is 4.98 Å². The molecule has 0 saturated carbocycles. The summed E-state index contributed by atoms with van der Waals surface area (Å²) in [6.45, 7) is 0. The van der Waals surface area contributed by atoms with E-state index < -0.39 is 11.9 Å². The fourth-order valence-corrected chi connectivity index (χ4v) is 1.30. The smallest absolute Gasteiger partial charge is 0.292 e. The van der Waals surface area contributed by atoms with Crippen molar-refractivity contribution < 1.29 is 33.3 Å². The van der Waals surface area contributed by atoms with Crippen molar-refractivity contribution in [2.45, 2.75) is 6.18 Å². The van der Waals surface area contributed by atoms with Gasteiger partial charge in [0.1, 0.15) is 5.69 Å². The molecule has 0 bridgehead atoms. The van der Waals surface area contributed by atoms with Crippen molar-refractivity contribution in [2.24, 2.45) is 0 Å². The van der Waals surface area contributed by atoms with E-state index in [0.29, 0.717) is 5.56 Å². The van der Waals surface area contributed by atoms with Gasteiger partial charge in [0.15, 0.2) is 0 Å². The van der Waals surface area contributed by atoms with E-state index in [0.717, 1.165) is 6.07 Å². The van der Waals surface area contributed by atoms with E-state index in [4.69, 9.17) is 0 Å². The topological polar surface area (TPSA) is 12.9 Å². The van der Waals surface area contributed by atoms with E-state index in [1.807, 2.05) is 0 Å². The number of halogens is 3. The second-order valence-electron chi connectivity index (χ2n) is 3.18. The molecule has 5 heteroatoms. The normalized spacial score (nSPS) is 10.8. The van der Waals surface area contributed by atoms with Crippen molar-refractivity contribution >= 4 is 0 Å². The van der Waals surface area contributed by atoms with E-state index in [9.17, 15) is 13.2 Å². The number of aromatic nitrogens is 1. The summed E-state index contributed by atoms with van der Waals surface area (Å²) >= 11 is 0. The minimum absolute atomic E-state index is 0. The molecule has 1 aromatic carbocycles. The fourth-order valence-electron chi connectivity index (χ4n) is 1.30. The first-order chi connectivity index (χ1) is 7.57. The Morgan fingerprint density at radius 1 is 1.00 bits per heavy atom. The molecule has 0 fully saturated rings. The summed E-state index contributed by atoms with van der Waals surface area (Å²) in [6.07, 6.45) is -4.41. The Kier molecular flexibility index (Phi) is 4.43. The van der Waals surface area contributed by atoms with Crippen LogP contribution in [-0.4, -0.2) is 4.98 Å². The Morgan fingerprint density at radius 3 is 2.35 bits per heavy atom. The van der Waals surface area contributed by atoms with Gasteiger partial charge in [-0.3, -0.25) is 4.98 Å². The van der Waals surface area contributed by atoms with Gasteiger partial charge in [-0.05, 0) is 11.8 Å². The van der Waals surface area contributed by atoms with E-state index in [1.54, 1.807) is 24.3 Å². The molecule has 0 saturated heterocycles. The summed E-state index contributed by atoms with van der Waals surface area (Å²) in [5.41, 5.74) is -0.0636. The summed E-state index contributed by atoms with van der Waals surface area (Å²) in [7, 11) is 0. The standard InChI is InChI=1S/C12H7F3N.Ir/c13-12(14,15)11-8-4-7-10(16-11)9-5-2-1-3-6-9;/h1-5,7-8H;/q-1;. The van der Waals surface area contributed by atoms with Crippen molar-refractivity contribution in [1.29, 1.82) is 0 Å². The third-order valence-corrected chi connectivity index (χ3v) is 2.02. The van der Waals surface area contributed by atoms with Gasteiger partial charge in [-0.15, -0.1) is 35.9 Å². The molecule has 0 unspecified atom stereocenters. The predicted molar refractivity (Wildman–Crippen MR) is 53.5 cm³/mol. The quantitative estimate of drug-likeness (QED) is 0.651. The first-order valence-electron chi connectivity index (χ1n) is 4.59. The molecule has 0 aliphatic heterocycles. The Labute approximate surface area is 110 Å². The second kappa shape index (κ2) is 5.43. The van der Waals surface area contributed by atoms with Crippen molar-refractivity contribution in [3.05, 3.63) is 54.2 Å². The second-order valence-corrected chi connectivity index (χ2v) is 3.18. The Bertz CT molecular complexity index is 483. The number of benzene rings is 1. The van der Waals surface area contributed by atoms with Crippen molar-refractivity contribution in [2.75, 3.05) is 0 Å². The number of alkyl halides is 3. The SMILES string of the molecule is FC(F)(F)c1cccc(-c2[c-]cccc2)n1.[Ir]. The summed E-state index contributed by atoms with van der Waals surface area (Å²) < 4.78 is 37.2. The van der Waals surface area contributed by atoms with Gasteiger partial charge in [0.2, 0.25) is 0 Å². The minimum Gasteiger partial charge on any atom is -0.292 e. The van der Waals surface area contributed by atoms with Crippen LogP contribution in [0.2, 0.25) is 0 Å². The zero-order chi connectivity index (χ0) is 11.6. The van der Waals surface area contributed by atoms with Gasteiger partial charge in [0.25, 0.3) is 0 Å². The molecule has 0 spiro atoms. The van der Waals surface area contributed by atoms with Crippen LogP contribution in [0.5, 0.6) is 0 Å². The van der Waals surface area contributed by atoms with Gasteiger partial charge in [-0.25, -0.2) is 0 Å². The third-order valence-electron chi connectivity index (χ3n) is 2.02. The monoisotopic (exact) mass is 415 g/mol. The molecule has 91 valence electrons. The first-order valence-corrected chi connectivity index (χ1v) is 4.59. The molecule has 0 aliphatic rings. The molecule has 0 atom stereocenters. The summed E-state index contributed by atoms with van der Waals surface area (Å²) in [4.78, 5) is 3.56. The predicted octanol–water partition coefficient (Wildman–Crippen LogP) is 3.57. The summed E-state index contributed by atoms with van der Waals surface area (Å²) in [5, 5.41) is 0. The number of rotatable bonds is 1. The Morgan fingerprint density at radius 2 is 1.76 bits per heavy atom. The maximum atomic E-state index is 12.4. The Balaban J connectivity index is 0.00000144. The molecular formula is C12H7F3IrN-. The van der Waals surface area contributed by atoms with Crippen LogP contribution in [0.4, 0.5) is 13.2 Å². The number of hydrogen-bond donors (Lipinski definition) is 0. The molecule has 1 radical (unpaired) electrons. The number of pyridine rings is 1. The molecule has 0 N–H and O–H groups in total.